The molecule has 0 fully saturated rings. The molecule has 0 bridgehead atoms. The molecule has 4 heteroatoms. The van der Waals surface area contributed by atoms with Gasteiger partial charge in [0.05, 0.1) is 32.4 Å². The van der Waals surface area contributed by atoms with Gasteiger partial charge in [-0.3, -0.25) is 0 Å². The van der Waals surface area contributed by atoms with Crippen molar-refractivity contribution in [1.29, 1.82) is 0 Å². The molecular formula is C66H76BrN3. The fourth-order valence-corrected chi connectivity index (χ4v) is 11.0. The van der Waals surface area contributed by atoms with Gasteiger partial charge in [0.25, 0.3) is 0 Å². The van der Waals surface area contributed by atoms with Gasteiger partial charge in [0.2, 0.25) is 0 Å². The number of nitrogens with zero attached hydrogens (tertiary/aromatic N) is 3. The van der Waals surface area contributed by atoms with E-state index in [1.165, 1.54) is 71.5 Å². The summed E-state index contributed by atoms with van der Waals surface area (Å²) in [5.74, 6) is 0. The molecule has 0 unspecified atom stereocenters. The molecule has 0 saturated heterocycles. The quantitative estimate of drug-likeness (QED) is 0.164. The van der Waals surface area contributed by atoms with Gasteiger partial charge in [0.15, 0.2) is 0 Å². The van der Waals surface area contributed by atoms with Crippen LogP contribution in [0.5, 0.6) is 0 Å². The van der Waals surface area contributed by atoms with Gasteiger partial charge in [0.1, 0.15) is 0 Å². The van der Waals surface area contributed by atoms with Crippen LogP contribution in [0.25, 0.3) is 38.1 Å². The normalized spacial score (nSPS) is 13.4. The highest BCUT2D eigenvalue weighted by Gasteiger charge is 2.34. The zero-order valence-corrected chi connectivity index (χ0v) is 47.0. The summed E-state index contributed by atoms with van der Waals surface area (Å²) < 4.78 is 3.62. The van der Waals surface area contributed by atoms with E-state index in [1.54, 1.807) is 0 Å². The van der Waals surface area contributed by atoms with Crippen LogP contribution >= 0.6 is 15.9 Å². The summed E-state index contributed by atoms with van der Waals surface area (Å²) in [7, 11) is 0. The Balaban J connectivity index is 1.53. The highest BCUT2D eigenvalue weighted by Crippen LogP contribution is 2.58. The fraction of sp³-hybridized carbons (Fsp3) is 0.364. The SMILES string of the molecule is CC(C)(C)c1ccc(N(c2ccc(C(C)(C)C)cc2)c2c(Br)c(N(c3ccc(C(C)(C)C)cc3)c3ccc(C(C)(C)C)cc3)c3c4cc(C(C)(C)C)ccc4n4c5ccc(C(C)(C)C)cc5c2c34)cc1. The lowest BCUT2D eigenvalue weighted by Gasteiger charge is -2.34. The van der Waals surface area contributed by atoms with E-state index < -0.39 is 0 Å². The summed E-state index contributed by atoms with van der Waals surface area (Å²) in [6.07, 6.45) is 0. The van der Waals surface area contributed by atoms with Crippen LogP contribution < -0.4 is 9.80 Å². The van der Waals surface area contributed by atoms with Gasteiger partial charge < -0.3 is 14.2 Å². The zero-order chi connectivity index (χ0) is 50.8. The first-order valence-corrected chi connectivity index (χ1v) is 26.3. The second kappa shape index (κ2) is 16.8. The van der Waals surface area contributed by atoms with Crippen LogP contribution in [0, 0.1) is 0 Å². The molecule has 0 amide bonds. The van der Waals surface area contributed by atoms with Crippen molar-refractivity contribution in [3.63, 3.8) is 0 Å². The first kappa shape index (κ1) is 49.4. The molecule has 2 heterocycles. The van der Waals surface area contributed by atoms with Crippen LogP contribution in [0.4, 0.5) is 34.1 Å². The molecule has 362 valence electrons. The van der Waals surface area contributed by atoms with Crippen LogP contribution in [0.1, 0.15) is 158 Å². The number of anilines is 6. The van der Waals surface area contributed by atoms with E-state index in [9.17, 15) is 0 Å². The van der Waals surface area contributed by atoms with Crippen molar-refractivity contribution in [2.45, 2.75) is 157 Å². The Morgan fingerprint density at radius 2 is 0.543 bits per heavy atom. The highest BCUT2D eigenvalue weighted by atomic mass is 79.9. The Hall–Kier alpha value is -5.58. The minimum atomic E-state index is -0.0626. The number of hydrogen-bond acceptors (Lipinski definition) is 2. The van der Waals surface area contributed by atoms with Crippen molar-refractivity contribution in [2.24, 2.45) is 0 Å². The first-order valence-electron chi connectivity index (χ1n) is 25.5. The number of aromatic nitrogens is 1. The minimum Gasteiger partial charge on any atom is -0.309 e. The van der Waals surface area contributed by atoms with Crippen LogP contribution in [0.3, 0.4) is 0 Å². The largest absolute Gasteiger partial charge is 0.309 e. The Morgan fingerprint density at radius 1 is 0.314 bits per heavy atom. The van der Waals surface area contributed by atoms with E-state index in [1.807, 2.05) is 0 Å². The number of benzene rings is 7. The molecule has 7 aromatic carbocycles. The van der Waals surface area contributed by atoms with Gasteiger partial charge in [-0.1, -0.05) is 185 Å². The fourth-order valence-electron chi connectivity index (χ4n) is 10.3. The van der Waals surface area contributed by atoms with E-state index in [2.05, 4.69) is 288 Å². The molecule has 3 nitrogen and oxygen atoms in total. The van der Waals surface area contributed by atoms with Crippen LogP contribution in [0.15, 0.2) is 138 Å². The van der Waals surface area contributed by atoms with Crippen molar-refractivity contribution in [1.82, 2.24) is 4.40 Å². The molecular weight excluding hydrogens is 915 g/mol. The van der Waals surface area contributed by atoms with Crippen molar-refractivity contribution in [2.75, 3.05) is 9.80 Å². The summed E-state index contributed by atoms with van der Waals surface area (Å²) in [5, 5.41) is 4.95. The van der Waals surface area contributed by atoms with Crippen LogP contribution in [-0.2, 0) is 32.5 Å². The van der Waals surface area contributed by atoms with Crippen molar-refractivity contribution in [3.05, 3.63) is 171 Å². The number of hydrogen-bond donors (Lipinski definition) is 0. The monoisotopic (exact) mass is 990 g/mol. The van der Waals surface area contributed by atoms with Gasteiger partial charge in [-0.25, -0.2) is 0 Å². The molecule has 0 spiro atoms. The number of rotatable bonds is 6. The van der Waals surface area contributed by atoms with Gasteiger partial charge in [-0.15, -0.1) is 0 Å². The van der Waals surface area contributed by atoms with E-state index in [-0.39, 0.29) is 32.5 Å². The van der Waals surface area contributed by atoms with Crippen molar-refractivity contribution < 1.29 is 0 Å². The maximum atomic E-state index is 4.64. The molecule has 0 N–H and O–H groups in total. The molecule has 9 aromatic rings. The summed E-state index contributed by atoms with van der Waals surface area (Å²) in [6, 6.07) is 51.8. The van der Waals surface area contributed by atoms with E-state index in [0.29, 0.717) is 0 Å². The predicted molar refractivity (Wildman–Crippen MR) is 310 cm³/mol. The molecule has 0 saturated carbocycles. The number of halogens is 1. The summed E-state index contributed by atoms with van der Waals surface area (Å²) >= 11 is 4.64. The van der Waals surface area contributed by atoms with Crippen molar-refractivity contribution in [3.8, 4) is 0 Å². The molecule has 0 aliphatic carbocycles. The van der Waals surface area contributed by atoms with E-state index in [0.717, 1.165) is 38.6 Å². The number of fused-ring (bicyclic) bond motifs is 6. The zero-order valence-electron chi connectivity index (χ0n) is 45.4. The van der Waals surface area contributed by atoms with Gasteiger partial charge >= 0.3 is 0 Å². The molecule has 0 aliphatic heterocycles. The minimum absolute atomic E-state index is 0.000815. The van der Waals surface area contributed by atoms with Gasteiger partial charge in [0, 0.05) is 44.3 Å². The maximum Gasteiger partial charge on any atom is 0.0725 e. The molecule has 0 atom stereocenters. The third kappa shape index (κ3) is 8.71. The van der Waals surface area contributed by atoms with E-state index >= 15 is 0 Å². The first-order chi connectivity index (χ1) is 32.4. The van der Waals surface area contributed by atoms with Crippen molar-refractivity contribution >= 4 is 88.1 Å². The predicted octanol–water partition coefficient (Wildman–Crippen LogP) is 20.3. The lowest BCUT2D eigenvalue weighted by molar-refractivity contribution is 0.590. The topological polar surface area (TPSA) is 10.9 Å². The second-order valence-electron chi connectivity index (χ2n) is 26.3. The average molecular weight is 991 g/mol. The molecule has 70 heavy (non-hydrogen) atoms. The van der Waals surface area contributed by atoms with Crippen LogP contribution in [-0.4, -0.2) is 4.40 Å². The molecule has 2 aromatic heterocycles. The lowest BCUT2D eigenvalue weighted by atomic mass is 9.85. The highest BCUT2D eigenvalue weighted by molar-refractivity contribution is 9.10. The van der Waals surface area contributed by atoms with E-state index in [4.69, 9.17) is 0 Å². The van der Waals surface area contributed by atoms with Gasteiger partial charge in [-0.05, 0) is 155 Å². The standard InChI is InChI=1S/C66H76BrN3/c1-61(2,3)41-19-29-47(30-20-41)68(48-31-21-42(22-32-48)62(4,5)6)59-55-51-39-45(65(13,14)15)27-37-53(51)70-54-38-28-46(66(16,17)18)40-52(54)56(58(55)70)60(57(59)67)69(49-33-23-43(24-34-49)63(7,8)9)50-35-25-44(26-36-50)64(10,11)12/h19-40H,1-18H3. The summed E-state index contributed by atoms with van der Waals surface area (Å²) in [6.45, 7) is 41.6. The third-order valence-corrected chi connectivity index (χ3v) is 15.5. The summed E-state index contributed by atoms with van der Waals surface area (Å²) in [4.78, 5) is 5.07. The Bertz CT molecular complexity index is 3040. The Labute approximate surface area is 428 Å². The van der Waals surface area contributed by atoms with Crippen LogP contribution in [0.2, 0.25) is 0 Å². The smallest absolute Gasteiger partial charge is 0.0725 e. The summed E-state index contributed by atoms with van der Waals surface area (Å²) in [5.41, 5.74) is 18.0. The second-order valence-corrected chi connectivity index (χ2v) is 27.1. The third-order valence-electron chi connectivity index (χ3n) is 14.7. The Morgan fingerprint density at radius 3 is 0.771 bits per heavy atom. The maximum absolute atomic E-state index is 4.64. The van der Waals surface area contributed by atoms with Gasteiger partial charge in [-0.2, -0.15) is 0 Å². The Kier molecular flexibility index (Phi) is 11.8. The average Bonchev–Trinajstić information content (AvgIpc) is 3.78. The molecule has 0 aliphatic rings. The lowest BCUT2D eigenvalue weighted by Crippen LogP contribution is -2.17. The molecule has 0 radical (unpaired) electrons. The molecule has 9 rings (SSSR count).